The van der Waals surface area contributed by atoms with Gasteiger partial charge >= 0.3 is 5.97 Å². The maximum Gasteiger partial charge on any atom is 0.338 e. The predicted octanol–water partition coefficient (Wildman–Crippen LogP) is 2.92. The lowest BCUT2D eigenvalue weighted by Crippen LogP contribution is -2.41. The second-order valence-corrected chi connectivity index (χ2v) is 5.88. The lowest BCUT2D eigenvalue weighted by molar-refractivity contribution is -0.117. The smallest absolute Gasteiger partial charge is 0.338 e. The van der Waals surface area contributed by atoms with Gasteiger partial charge in [-0.1, -0.05) is 18.9 Å². The molecule has 108 valence electrons. The van der Waals surface area contributed by atoms with Crippen LogP contribution in [-0.2, 0) is 9.47 Å². The zero-order valence-corrected chi connectivity index (χ0v) is 11.6. The van der Waals surface area contributed by atoms with Gasteiger partial charge in [-0.05, 0) is 31.0 Å². The van der Waals surface area contributed by atoms with Crippen molar-refractivity contribution in [3.8, 4) is 0 Å². The number of carbonyl (C=O) groups excluding carboxylic acids is 1. The molecule has 2 fully saturated rings. The topological polar surface area (TPSA) is 61.6 Å². The van der Waals surface area contributed by atoms with Gasteiger partial charge in [0, 0.05) is 18.5 Å². The highest BCUT2D eigenvalue weighted by molar-refractivity contribution is 5.90. The molecule has 2 N–H and O–H groups in total. The van der Waals surface area contributed by atoms with E-state index < -0.39 is 0 Å². The van der Waals surface area contributed by atoms with Gasteiger partial charge in [0.05, 0.1) is 17.8 Å². The van der Waals surface area contributed by atoms with E-state index in [1.807, 2.05) is 0 Å². The van der Waals surface area contributed by atoms with Gasteiger partial charge in [-0.2, -0.15) is 0 Å². The number of carbonyl (C=O) groups is 1. The molecule has 0 bridgehead atoms. The number of nitrogen functional groups attached to an aromatic ring is 1. The summed E-state index contributed by atoms with van der Waals surface area (Å²) < 4.78 is 11.6. The molecule has 4 heteroatoms. The van der Waals surface area contributed by atoms with Crippen molar-refractivity contribution in [3.05, 3.63) is 29.8 Å². The first-order chi connectivity index (χ1) is 9.67. The average molecular weight is 275 g/mol. The average Bonchev–Trinajstić information content (AvgIpc) is 2.87. The van der Waals surface area contributed by atoms with Crippen molar-refractivity contribution < 1.29 is 14.3 Å². The molecule has 1 aromatic carbocycles. The quantitative estimate of drug-likeness (QED) is 0.666. The highest BCUT2D eigenvalue weighted by Gasteiger charge is 2.41. The molecule has 20 heavy (non-hydrogen) atoms. The second kappa shape index (κ2) is 5.44. The Hall–Kier alpha value is -1.55. The van der Waals surface area contributed by atoms with E-state index in [1.165, 1.54) is 12.8 Å². The SMILES string of the molecule is Nc1cccc(C(=O)OC2CCOC3(CCCC3)C2)c1. The van der Waals surface area contributed by atoms with Crippen LogP contribution in [0.2, 0.25) is 0 Å². The number of hydrogen-bond acceptors (Lipinski definition) is 4. The Morgan fingerprint density at radius 3 is 2.90 bits per heavy atom. The zero-order chi connectivity index (χ0) is 14.0. The maximum atomic E-state index is 12.1. The summed E-state index contributed by atoms with van der Waals surface area (Å²) in [5, 5.41) is 0. The van der Waals surface area contributed by atoms with Crippen LogP contribution < -0.4 is 5.73 Å². The van der Waals surface area contributed by atoms with E-state index in [4.69, 9.17) is 15.2 Å². The van der Waals surface area contributed by atoms with Crippen molar-refractivity contribution in [3.63, 3.8) is 0 Å². The molecule has 1 heterocycles. The largest absolute Gasteiger partial charge is 0.459 e. The number of ether oxygens (including phenoxy) is 2. The number of rotatable bonds is 2. The Kier molecular flexibility index (Phi) is 3.66. The molecule has 1 saturated carbocycles. The Balaban J connectivity index is 1.64. The third-order valence-corrected chi connectivity index (χ3v) is 4.36. The minimum absolute atomic E-state index is 0.0289. The maximum absolute atomic E-state index is 12.1. The van der Waals surface area contributed by atoms with E-state index in [0.717, 1.165) is 25.7 Å². The Morgan fingerprint density at radius 2 is 2.15 bits per heavy atom. The molecule has 0 amide bonds. The van der Waals surface area contributed by atoms with Crippen LogP contribution in [0.25, 0.3) is 0 Å². The fourth-order valence-corrected chi connectivity index (χ4v) is 3.34. The number of esters is 1. The fourth-order valence-electron chi connectivity index (χ4n) is 3.34. The molecule has 1 aliphatic carbocycles. The number of anilines is 1. The lowest BCUT2D eigenvalue weighted by Gasteiger charge is -2.37. The minimum atomic E-state index is -0.280. The van der Waals surface area contributed by atoms with Gasteiger partial charge in [0.2, 0.25) is 0 Å². The molecule has 0 aromatic heterocycles. The van der Waals surface area contributed by atoms with Gasteiger partial charge in [0.25, 0.3) is 0 Å². The van der Waals surface area contributed by atoms with E-state index >= 15 is 0 Å². The molecule has 4 nitrogen and oxygen atoms in total. The van der Waals surface area contributed by atoms with Gasteiger partial charge in [0.1, 0.15) is 6.10 Å². The van der Waals surface area contributed by atoms with Crippen molar-refractivity contribution >= 4 is 11.7 Å². The highest BCUT2D eigenvalue weighted by Crippen LogP contribution is 2.40. The third kappa shape index (κ3) is 2.80. The molecule has 3 rings (SSSR count). The highest BCUT2D eigenvalue weighted by atomic mass is 16.6. The van der Waals surface area contributed by atoms with E-state index in [1.54, 1.807) is 24.3 Å². The molecule has 1 unspecified atom stereocenters. The van der Waals surface area contributed by atoms with Crippen LogP contribution in [0.4, 0.5) is 5.69 Å². The number of nitrogens with two attached hydrogens (primary N) is 1. The number of benzene rings is 1. The van der Waals surface area contributed by atoms with Gasteiger partial charge in [0.15, 0.2) is 0 Å². The summed E-state index contributed by atoms with van der Waals surface area (Å²) in [6.45, 7) is 0.689. The molecule has 2 aliphatic rings. The Morgan fingerprint density at radius 1 is 1.35 bits per heavy atom. The van der Waals surface area contributed by atoms with Crippen LogP contribution in [0.3, 0.4) is 0 Å². The summed E-state index contributed by atoms with van der Waals surface area (Å²) in [6, 6.07) is 6.93. The summed E-state index contributed by atoms with van der Waals surface area (Å²) in [4.78, 5) is 12.1. The molecule has 1 saturated heterocycles. The van der Waals surface area contributed by atoms with E-state index in [0.29, 0.717) is 17.9 Å². The van der Waals surface area contributed by atoms with Gasteiger partial charge in [-0.15, -0.1) is 0 Å². The summed E-state index contributed by atoms with van der Waals surface area (Å²) >= 11 is 0. The summed E-state index contributed by atoms with van der Waals surface area (Å²) in [7, 11) is 0. The number of hydrogen-bond donors (Lipinski definition) is 1. The van der Waals surface area contributed by atoms with E-state index in [2.05, 4.69) is 0 Å². The third-order valence-electron chi connectivity index (χ3n) is 4.36. The minimum Gasteiger partial charge on any atom is -0.459 e. The molecular formula is C16H21NO3. The van der Waals surface area contributed by atoms with Crippen LogP contribution in [0, 0.1) is 0 Å². The Labute approximate surface area is 119 Å². The molecule has 0 radical (unpaired) electrons. The molecule has 1 aliphatic heterocycles. The first-order valence-corrected chi connectivity index (χ1v) is 7.37. The summed E-state index contributed by atoms with van der Waals surface area (Å²) in [5.74, 6) is -0.280. The van der Waals surface area contributed by atoms with Crippen molar-refractivity contribution in [1.82, 2.24) is 0 Å². The first kappa shape index (κ1) is 13.4. The van der Waals surface area contributed by atoms with E-state index in [-0.39, 0.29) is 17.7 Å². The lowest BCUT2D eigenvalue weighted by atomic mass is 9.90. The van der Waals surface area contributed by atoms with Crippen LogP contribution in [0.5, 0.6) is 0 Å². The van der Waals surface area contributed by atoms with Crippen LogP contribution in [0.1, 0.15) is 48.9 Å². The normalized spacial score (nSPS) is 24.7. The molecule has 1 aromatic rings. The second-order valence-electron chi connectivity index (χ2n) is 5.88. The summed E-state index contributed by atoms with van der Waals surface area (Å²) in [6.07, 6.45) is 6.22. The van der Waals surface area contributed by atoms with Crippen molar-refractivity contribution in [1.29, 1.82) is 0 Å². The molecule has 1 spiro atoms. The molecule has 1 atom stereocenters. The van der Waals surface area contributed by atoms with Crippen LogP contribution >= 0.6 is 0 Å². The van der Waals surface area contributed by atoms with Crippen LogP contribution in [-0.4, -0.2) is 24.3 Å². The fraction of sp³-hybridized carbons (Fsp3) is 0.562. The van der Waals surface area contributed by atoms with E-state index in [9.17, 15) is 4.79 Å². The standard InChI is InChI=1S/C16H21NO3/c17-13-5-3-4-12(10-13)15(18)20-14-6-9-19-16(11-14)7-1-2-8-16/h3-5,10,14H,1-2,6-9,11,17H2. The molecular weight excluding hydrogens is 254 g/mol. The van der Waals surface area contributed by atoms with Gasteiger partial charge in [-0.25, -0.2) is 4.79 Å². The van der Waals surface area contributed by atoms with Crippen molar-refractivity contribution in [2.45, 2.75) is 50.2 Å². The van der Waals surface area contributed by atoms with Crippen LogP contribution in [0.15, 0.2) is 24.3 Å². The van der Waals surface area contributed by atoms with Gasteiger partial charge in [-0.3, -0.25) is 0 Å². The zero-order valence-electron chi connectivity index (χ0n) is 11.6. The first-order valence-electron chi connectivity index (χ1n) is 7.37. The predicted molar refractivity (Wildman–Crippen MR) is 76.4 cm³/mol. The van der Waals surface area contributed by atoms with Crippen molar-refractivity contribution in [2.75, 3.05) is 12.3 Å². The van der Waals surface area contributed by atoms with Crippen molar-refractivity contribution in [2.24, 2.45) is 0 Å². The Bertz CT molecular complexity index is 494. The van der Waals surface area contributed by atoms with Gasteiger partial charge < -0.3 is 15.2 Å². The monoisotopic (exact) mass is 275 g/mol. The summed E-state index contributed by atoms with van der Waals surface area (Å²) in [5.41, 5.74) is 6.77.